The van der Waals surface area contributed by atoms with Crippen LogP contribution in [0.1, 0.15) is 51.3 Å². The zero-order valence-electron chi connectivity index (χ0n) is 19.3. The Morgan fingerprint density at radius 3 is 2.48 bits per heavy atom. The Kier molecular flexibility index (Phi) is 11.5. The second kappa shape index (κ2) is 12.7. The maximum atomic E-state index is 5.54. The van der Waals surface area contributed by atoms with Crippen molar-refractivity contribution >= 4 is 29.9 Å². The second-order valence-electron chi connectivity index (χ2n) is 8.58. The van der Waals surface area contributed by atoms with Crippen LogP contribution in [0.5, 0.6) is 0 Å². The molecule has 29 heavy (non-hydrogen) atoms. The first-order valence-corrected chi connectivity index (χ1v) is 10.6. The van der Waals surface area contributed by atoms with Gasteiger partial charge >= 0.3 is 0 Å². The third-order valence-electron chi connectivity index (χ3n) is 5.27. The predicted octanol–water partition coefficient (Wildman–Crippen LogP) is 2.92. The highest BCUT2D eigenvalue weighted by molar-refractivity contribution is 14.0. The molecular weight excluding hydrogens is 479 g/mol. The summed E-state index contributed by atoms with van der Waals surface area (Å²) in [6, 6.07) is 0.499. The first-order valence-electron chi connectivity index (χ1n) is 10.6. The molecule has 8 heteroatoms. The zero-order chi connectivity index (χ0) is 20.7. The molecule has 0 amide bonds. The molecule has 1 fully saturated rings. The van der Waals surface area contributed by atoms with Crippen molar-refractivity contribution in [1.82, 2.24) is 24.9 Å². The smallest absolute Gasteiger partial charge is 0.193 e. The summed E-state index contributed by atoms with van der Waals surface area (Å²) in [4.78, 5) is 9.27. The number of hydrogen-bond acceptors (Lipinski definition) is 4. The van der Waals surface area contributed by atoms with Gasteiger partial charge in [-0.05, 0) is 18.3 Å². The molecule has 1 aliphatic heterocycles. The summed E-state index contributed by atoms with van der Waals surface area (Å²) in [6.45, 7) is 14.4. The third kappa shape index (κ3) is 8.05. The Hall–Kier alpha value is -0.870. The molecule has 1 unspecified atom stereocenters. The van der Waals surface area contributed by atoms with Crippen LogP contribution in [0.2, 0.25) is 0 Å². The van der Waals surface area contributed by atoms with Crippen molar-refractivity contribution in [3.63, 3.8) is 0 Å². The van der Waals surface area contributed by atoms with Crippen LogP contribution in [-0.4, -0.2) is 78.5 Å². The maximum Gasteiger partial charge on any atom is 0.193 e. The van der Waals surface area contributed by atoms with Crippen LogP contribution in [0, 0.1) is 5.92 Å². The summed E-state index contributed by atoms with van der Waals surface area (Å²) >= 11 is 0. The van der Waals surface area contributed by atoms with E-state index in [2.05, 4.69) is 66.1 Å². The summed E-state index contributed by atoms with van der Waals surface area (Å²) in [5.74, 6) is 2.01. The quantitative estimate of drug-likeness (QED) is 0.325. The van der Waals surface area contributed by atoms with Crippen molar-refractivity contribution in [3.05, 3.63) is 17.5 Å². The number of nitrogens with one attached hydrogen (secondary N) is 1. The van der Waals surface area contributed by atoms with E-state index in [1.54, 1.807) is 0 Å². The lowest BCUT2D eigenvalue weighted by molar-refractivity contribution is 0.0131. The van der Waals surface area contributed by atoms with Crippen LogP contribution in [0.3, 0.4) is 0 Å². The van der Waals surface area contributed by atoms with Crippen LogP contribution in [0.25, 0.3) is 0 Å². The van der Waals surface area contributed by atoms with E-state index in [0.29, 0.717) is 17.9 Å². The van der Waals surface area contributed by atoms with Gasteiger partial charge in [-0.3, -0.25) is 14.6 Å². The molecule has 2 heterocycles. The fraction of sp³-hybridized carbons (Fsp3) is 0.810. The van der Waals surface area contributed by atoms with E-state index in [9.17, 15) is 0 Å². The highest BCUT2D eigenvalue weighted by Crippen LogP contribution is 2.19. The van der Waals surface area contributed by atoms with Crippen LogP contribution >= 0.6 is 24.0 Å². The predicted molar refractivity (Wildman–Crippen MR) is 131 cm³/mol. The number of nitrogens with zero attached hydrogens (tertiary/aromatic N) is 5. The molecular formula is C21H41IN6O. The van der Waals surface area contributed by atoms with Crippen molar-refractivity contribution in [2.24, 2.45) is 18.0 Å². The zero-order valence-corrected chi connectivity index (χ0v) is 21.6. The standard InChI is InChI=1S/C21H40N6O.HI/c1-16(2)12-19(27-8-10-28-11-9-27)13-23-21(22-5)25(6)14-18-15-26(7)24-20(18)17(3)4;/h15-17,19H,8-14H2,1-7H3,(H,22,23);1H. The Balaban J connectivity index is 0.00000420. The van der Waals surface area contributed by atoms with Crippen LogP contribution in [-0.2, 0) is 18.3 Å². The van der Waals surface area contributed by atoms with Crippen molar-refractivity contribution in [1.29, 1.82) is 0 Å². The van der Waals surface area contributed by atoms with Crippen molar-refractivity contribution in [2.45, 2.75) is 52.6 Å². The number of aryl methyl sites for hydroxylation is 1. The Morgan fingerprint density at radius 1 is 1.28 bits per heavy atom. The van der Waals surface area contributed by atoms with E-state index in [1.807, 2.05) is 18.8 Å². The molecule has 0 bridgehead atoms. The van der Waals surface area contributed by atoms with Gasteiger partial charge in [-0.25, -0.2) is 0 Å². The largest absolute Gasteiger partial charge is 0.379 e. The lowest BCUT2D eigenvalue weighted by Gasteiger charge is -2.36. The number of ether oxygens (including phenoxy) is 1. The average Bonchev–Trinajstić information content (AvgIpc) is 3.02. The van der Waals surface area contributed by atoms with Crippen molar-refractivity contribution in [3.8, 4) is 0 Å². The normalized spacial score (nSPS) is 16.8. The summed E-state index contributed by atoms with van der Waals surface area (Å²) in [7, 11) is 5.94. The summed E-state index contributed by atoms with van der Waals surface area (Å²) < 4.78 is 7.45. The van der Waals surface area contributed by atoms with Crippen molar-refractivity contribution < 1.29 is 4.74 Å². The Morgan fingerprint density at radius 2 is 1.93 bits per heavy atom. The highest BCUT2D eigenvalue weighted by Gasteiger charge is 2.23. The molecule has 0 aromatic carbocycles. The molecule has 1 saturated heterocycles. The summed E-state index contributed by atoms with van der Waals surface area (Å²) in [5.41, 5.74) is 2.42. The highest BCUT2D eigenvalue weighted by atomic mass is 127. The third-order valence-corrected chi connectivity index (χ3v) is 5.27. The number of hydrogen-bond donors (Lipinski definition) is 1. The van der Waals surface area contributed by atoms with Gasteiger partial charge in [0.15, 0.2) is 5.96 Å². The van der Waals surface area contributed by atoms with Gasteiger partial charge in [0.2, 0.25) is 0 Å². The van der Waals surface area contributed by atoms with E-state index in [4.69, 9.17) is 4.74 Å². The van der Waals surface area contributed by atoms with E-state index in [-0.39, 0.29) is 24.0 Å². The fourth-order valence-electron chi connectivity index (χ4n) is 3.94. The molecule has 1 atom stereocenters. The van der Waals surface area contributed by atoms with Gasteiger partial charge < -0.3 is 15.0 Å². The molecule has 1 aromatic rings. The minimum absolute atomic E-state index is 0. The second-order valence-corrected chi connectivity index (χ2v) is 8.58. The molecule has 2 rings (SSSR count). The van der Waals surface area contributed by atoms with Crippen LogP contribution in [0.4, 0.5) is 0 Å². The average molecular weight is 521 g/mol. The lowest BCUT2D eigenvalue weighted by Crippen LogP contribution is -2.51. The van der Waals surface area contributed by atoms with Gasteiger partial charge in [-0.15, -0.1) is 24.0 Å². The van der Waals surface area contributed by atoms with E-state index in [1.165, 1.54) is 12.0 Å². The molecule has 0 spiro atoms. The number of morpholine rings is 1. The molecule has 7 nitrogen and oxygen atoms in total. The topological polar surface area (TPSA) is 57.9 Å². The molecule has 0 radical (unpaired) electrons. The Labute approximate surface area is 194 Å². The van der Waals surface area contributed by atoms with Gasteiger partial charge in [0.25, 0.3) is 0 Å². The van der Waals surface area contributed by atoms with Crippen LogP contribution < -0.4 is 5.32 Å². The molecule has 0 aliphatic carbocycles. The van der Waals surface area contributed by atoms with Gasteiger partial charge in [0.1, 0.15) is 0 Å². The van der Waals surface area contributed by atoms with E-state index < -0.39 is 0 Å². The summed E-state index contributed by atoms with van der Waals surface area (Å²) in [5, 5.41) is 8.24. The van der Waals surface area contributed by atoms with Gasteiger partial charge in [0.05, 0.1) is 18.9 Å². The monoisotopic (exact) mass is 520 g/mol. The van der Waals surface area contributed by atoms with Gasteiger partial charge in [0, 0.05) is 65.1 Å². The molecule has 0 saturated carbocycles. The molecule has 1 aliphatic rings. The van der Waals surface area contributed by atoms with Crippen LogP contribution in [0.15, 0.2) is 11.2 Å². The number of aromatic nitrogens is 2. The van der Waals surface area contributed by atoms with Crippen molar-refractivity contribution in [2.75, 3.05) is 46.9 Å². The SMILES string of the molecule is CN=C(NCC(CC(C)C)N1CCOCC1)N(C)Cc1cn(C)nc1C(C)C.I. The first-order chi connectivity index (χ1) is 13.3. The molecule has 1 N–H and O–H groups in total. The Bertz CT molecular complexity index is 625. The van der Waals surface area contributed by atoms with E-state index >= 15 is 0 Å². The molecule has 1 aromatic heterocycles. The summed E-state index contributed by atoms with van der Waals surface area (Å²) in [6.07, 6.45) is 3.29. The number of guanidine groups is 1. The van der Waals surface area contributed by atoms with Gasteiger partial charge in [-0.1, -0.05) is 27.7 Å². The minimum Gasteiger partial charge on any atom is -0.379 e. The minimum atomic E-state index is 0. The first kappa shape index (κ1) is 26.2. The lowest BCUT2D eigenvalue weighted by atomic mass is 10.0. The van der Waals surface area contributed by atoms with E-state index in [0.717, 1.165) is 51.0 Å². The fourth-order valence-corrected chi connectivity index (χ4v) is 3.94. The maximum absolute atomic E-state index is 5.54. The number of halogens is 1. The number of aliphatic imine (C=N–C) groups is 1. The molecule has 168 valence electrons. The van der Waals surface area contributed by atoms with Gasteiger partial charge in [-0.2, -0.15) is 5.10 Å². The number of rotatable bonds is 8.